The molecule has 5 N–H and O–H groups in total. The van der Waals surface area contributed by atoms with Crippen LogP contribution in [0.15, 0.2) is 18.5 Å². The molecule has 0 aromatic carbocycles. The molecule has 2 aliphatic rings. The predicted molar refractivity (Wildman–Crippen MR) is 144 cm³/mol. The van der Waals surface area contributed by atoms with Crippen LogP contribution in [0.4, 0.5) is 5.82 Å². The van der Waals surface area contributed by atoms with Gasteiger partial charge in [-0.3, -0.25) is 9.05 Å². The number of anilines is 1. The average molecular weight is 571 g/mol. The highest BCUT2D eigenvalue weighted by Gasteiger charge is 2.74. The Labute approximate surface area is 229 Å². The fourth-order valence-corrected chi connectivity index (χ4v) is 6.36. The van der Waals surface area contributed by atoms with Gasteiger partial charge >= 0.3 is 7.82 Å². The third-order valence-corrected chi connectivity index (χ3v) is 8.77. The zero-order chi connectivity index (χ0) is 28.1. The van der Waals surface area contributed by atoms with Gasteiger partial charge in [0.1, 0.15) is 41.4 Å². The van der Waals surface area contributed by atoms with Crippen LogP contribution in [-0.4, -0.2) is 73.4 Å². The normalized spacial score (nSPS) is 29.8. The van der Waals surface area contributed by atoms with Gasteiger partial charge in [-0.25, -0.2) is 14.1 Å². The van der Waals surface area contributed by atoms with Gasteiger partial charge in [0.25, 0.3) is 0 Å². The molecule has 3 heterocycles. The monoisotopic (exact) mass is 570 g/mol. The summed E-state index contributed by atoms with van der Waals surface area (Å²) in [5.41, 5.74) is 4.17. The summed E-state index contributed by atoms with van der Waals surface area (Å²) in [6, 6.07) is 3.38. The van der Waals surface area contributed by atoms with E-state index in [2.05, 4.69) is 17.0 Å². The smallest absolute Gasteiger partial charge is 0.387 e. The fraction of sp³-hybridized carbons (Fsp3) is 0.769. The van der Waals surface area contributed by atoms with Crippen LogP contribution < -0.4 is 5.73 Å². The third kappa shape index (κ3) is 6.82. The summed E-state index contributed by atoms with van der Waals surface area (Å²) in [4.78, 5) is 14.2. The van der Waals surface area contributed by atoms with Crippen LogP contribution in [0.3, 0.4) is 0 Å². The van der Waals surface area contributed by atoms with Crippen LogP contribution in [-0.2, 0) is 28.7 Å². The van der Waals surface area contributed by atoms with Crippen molar-refractivity contribution in [2.75, 3.05) is 25.6 Å². The van der Waals surface area contributed by atoms with E-state index in [1.165, 1.54) is 49.4 Å². The standard InChI is InChI=1S/C26H43N4O8P/c1-3-4-5-6-7-8-9-10-14-35-15-11-16-36-39(33,34)37-21-17-26(21)23(32)22(31)25(2,38-26)20-13-12-19-24(27)28-18-29-30(19)20/h12-13,18,21-23,31-32H,3-11,14-17H2,1-2H3,(H,33,34)(H2,27,28,29)/t21-,22+,23-,25-,26-/m0/s1. The second-order valence-electron chi connectivity index (χ2n) is 10.8. The van der Waals surface area contributed by atoms with Gasteiger partial charge < -0.3 is 30.3 Å². The Hall–Kier alpha value is -1.63. The molecule has 4 rings (SSSR count). The Morgan fingerprint density at radius 3 is 2.51 bits per heavy atom. The fourth-order valence-electron chi connectivity index (χ4n) is 5.36. The van der Waals surface area contributed by atoms with Crippen molar-refractivity contribution in [3.05, 3.63) is 24.2 Å². The lowest BCUT2D eigenvalue weighted by molar-refractivity contribution is -0.0988. The Balaban J connectivity index is 1.18. The first-order valence-electron chi connectivity index (χ1n) is 14.0. The summed E-state index contributed by atoms with van der Waals surface area (Å²) in [6.07, 6.45) is 8.07. The first-order chi connectivity index (χ1) is 18.6. The number of fused-ring (bicyclic) bond motifs is 1. The maximum atomic E-state index is 12.5. The van der Waals surface area contributed by atoms with E-state index in [1.54, 1.807) is 19.1 Å². The van der Waals surface area contributed by atoms with Gasteiger partial charge in [-0.2, -0.15) is 5.10 Å². The number of unbranched alkanes of at least 4 members (excludes halogenated alkanes) is 7. The summed E-state index contributed by atoms with van der Waals surface area (Å²) >= 11 is 0. The maximum Gasteiger partial charge on any atom is 0.472 e. The molecule has 1 unspecified atom stereocenters. The first-order valence-corrected chi connectivity index (χ1v) is 15.5. The Morgan fingerprint density at radius 1 is 1.08 bits per heavy atom. The van der Waals surface area contributed by atoms with E-state index in [9.17, 15) is 19.7 Å². The van der Waals surface area contributed by atoms with Gasteiger partial charge in [0.2, 0.25) is 0 Å². The summed E-state index contributed by atoms with van der Waals surface area (Å²) in [5.74, 6) is 0.257. The van der Waals surface area contributed by atoms with Crippen molar-refractivity contribution < 1.29 is 38.2 Å². The summed E-state index contributed by atoms with van der Waals surface area (Å²) < 4.78 is 36.2. The molecule has 1 saturated carbocycles. The van der Waals surface area contributed by atoms with Crippen molar-refractivity contribution >= 4 is 19.2 Å². The Bertz CT molecular complexity index is 1130. The number of nitrogens with zero attached hydrogens (tertiary/aromatic N) is 3. The summed E-state index contributed by atoms with van der Waals surface area (Å²) in [6.45, 7) is 4.92. The van der Waals surface area contributed by atoms with Gasteiger partial charge in [0.05, 0.1) is 12.3 Å². The molecule has 0 radical (unpaired) electrons. The second kappa shape index (κ2) is 12.9. The Morgan fingerprint density at radius 2 is 1.77 bits per heavy atom. The van der Waals surface area contributed by atoms with Crippen molar-refractivity contribution in [1.29, 1.82) is 0 Å². The number of nitrogen functional groups attached to an aromatic ring is 1. The number of phosphoric ester groups is 1. The van der Waals surface area contributed by atoms with E-state index < -0.39 is 37.3 Å². The van der Waals surface area contributed by atoms with Gasteiger partial charge in [-0.15, -0.1) is 0 Å². The Kier molecular flexibility index (Phi) is 10.0. The average Bonchev–Trinajstić information content (AvgIpc) is 3.27. The molecule has 0 bridgehead atoms. The lowest BCUT2D eigenvalue weighted by atomic mass is 9.93. The minimum absolute atomic E-state index is 0.00799. The molecule has 1 spiro atoms. The van der Waals surface area contributed by atoms with Crippen LogP contribution in [0.1, 0.15) is 83.7 Å². The highest BCUT2D eigenvalue weighted by atomic mass is 31.2. The zero-order valence-corrected chi connectivity index (χ0v) is 23.8. The van der Waals surface area contributed by atoms with E-state index in [-0.39, 0.29) is 18.8 Å². The zero-order valence-electron chi connectivity index (χ0n) is 22.9. The topological polar surface area (TPSA) is 171 Å². The number of aliphatic hydroxyl groups excluding tert-OH is 2. The number of phosphoric acid groups is 1. The number of hydrogen-bond acceptors (Lipinski definition) is 10. The van der Waals surface area contributed by atoms with E-state index in [1.807, 2.05) is 0 Å². The van der Waals surface area contributed by atoms with Gasteiger partial charge in [0, 0.05) is 19.6 Å². The molecular formula is C26H43N4O8P. The third-order valence-electron chi connectivity index (χ3n) is 7.74. The maximum absolute atomic E-state index is 12.5. The van der Waals surface area contributed by atoms with E-state index in [4.69, 9.17) is 24.3 Å². The molecule has 6 atom stereocenters. The summed E-state index contributed by atoms with van der Waals surface area (Å²) in [5, 5.41) is 26.0. The van der Waals surface area contributed by atoms with Crippen LogP contribution in [0, 0.1) is 0 Å². The molecule has 1 aliphatic carbocycles. The van der Waals surface area contributed by atoms with Gasteiger partial charge in [-0.05, 0) is 31.9 Å². The summed E-state index contributed by atoms with van der Waals surface area (Å²) in [7, 11) is -4.41. The van der Waals surface area contributed by atoms with Crippen LogP contribution in [0.25, 0.3) is 5.52 Å². The number of aliphatic hydroxyl groups is 2. The molecule has 13 heteroatoms. The van der Waals surface area contributed by atoms with Crippen LogP contribution in [0.2, 0.25) is 0 Å². The molecule has 1 aliphatic heterocycles. The number of nitrogens with two attached hydrogens (primary N) is 1. The second-order valence-corrected chi connectivity index (χ2v) is 12.2. The van der Waals surface area contributed by atoms with E-state index in [0.717, 1.165) is 12.8 Å². The highest BCUT2D eigenvalue weighted by Crippen LogP contribution is 2.62. The molecule has 220 valence electrons. The van der Waals surface area contributed by atoms with Crippen molar-refractivity contribution in [1.82, 2.24) is 14.6 Å². The quantitative estimate of drug-likeness (QED) is 0.162. The van der Waals surface area contributed by atoms with Crippen molar-refractivity contribution in [3.8, 4) is 0 Å². The van der Waals surface area contributed by atoms with Gasteiger partial charge in [0.15, 0.2) is 5.82 Å². The SMILES string of the molecule is CCCCCCCCCCOCCCOP(=O)(O)O[C@H]1C[C@]12O[C@@](C)(c1ccc3c(N)ncnn13)[C@H](O)[C@@H]2O. The first kappa shape index (κ1) is 30.3. The number of aromatic nitrogens is 3. The lowest BCUT2D eigenvalue weighted by Crippen LogP contribution is -2.40. The van der Waals surface area contributed by atoms with Crippen LogP contribution >= 0.6 is 7.82 Å². The van der Waals surface area contributed by atoms with Crippen molar-refractivity contribution in [2.45, 2.75) is 108 Å². The minimum Gasteiger partial charge on any atom is -0.387 e. The van der Waals surface area contributed by atoms with E-state index >= 15 is 0 Å². The number of hydrogen-bond donors (Lipinski definition) is 4. The molecule has 2 fully saturated rings. The molecule has 1 saturated heterocycles. The predicted octanol–water partition coefficient (Wildman–Crippen LogP) is 3.47. The number of rotatable bonds is 17. The largest absolute Gasteiger partial charge is 0.472 e. The van der Waals surface area contributed by atoms with Crippen LogP contribution in [0.5, 0.6) is 0 Å². The molecule has 0 amide bonds. The highest BCUT2D eigenvalue weighted by molar-refractivity contribution is 7.47. The van der Waals surface area contributed by atoms with Gasteiger partial charge in [-0.1, -0.05) is 51.9 Å². The van der Waals surface area contributed by atoms with Crippen molar-refractivity contribution in [2.24, 2.45) is 0 Å². The minimum atomic E-state index is -4.41. The lowest BCUT2D eigenvalue weighted by Gasteiger charge is -2.27. The molecule has 12 nitrogen and oxygen atoms in total. The molecular weight excluding hydrogens is 527 g/mol. The molecule has 2 aromatic rings. The van der Waals surface area contributed by atoms with Crippen molar-refractivity contribution in [3.63, 3.8) is 0 Å². The molecule has 39 heavy (non-hydrogen) atoms. The number of ether oxygens (including phenoxy) is 2. The molecule has 2 aromatic heterocycles. The van der Waals surface area contributed by atoms with E-state index in [0.29, 0.717) is 30.8 Å².